The van der Waals surface area contributed by atoms with Crippen LogP contribution in [0.25, 0.3) is 0 Å². The first-order valence-electron chi connectivity index (χ1n) is 7.27. The van der Waals surface area contributed by atoms with Gasteiger partial charge >= 0.3 is 0 Å². The molecular formula is C14H23N3O3S. The van der Waals surface area contributed by atoms with E-state index in [1.54, 1.807) is 12.3 Å². The minimum Gasteiger partial charge on any atom is -0.377 e. The zero-order valence-corrected chi connectivity index (χ0v) is 13.3. The van der Waals surface area contributed by atoms with Crippen molar-refractivity contribution < 1.29 is 13.2 Å². The molecule has 0 bridgehead atoms. The highest BCUT2D eigenvalue weighted by Crippen LogP contribution is 2.12. The normalized spacial score (nSPS) is 19.3. The van der Waals surface area contributed by atoms with Gasteiger partial charge in [-0.1, -0.05) is 19.9 Å². The van der Waals surface area contributed by atoms with E-state index in [1.165, 1.54) is 6.07 Å². The molecule has 2 heterocycles. The van der Waals surface area contributed by atoms with Crippen LogP contribution in [0.15, 0.2) is 23.4 Å². The molecule has 1 aliphatic rings. The summed E-state index contributed by atoms with van der Waals surface area (Å²) in [6, 6.07) is 3.69. The third kappa shape index (κ3) is 5.03. The van der Waals surface area contributed by atoms with Gasteiger partial charge in [-0.3, -0.25) is 0 Å². The number of nitrogens with zero attached hydrogens (tertiary/aromatic N) is 1. The summed E-state index contributed by atoms with van der Waals surface area (Å²) in [5.41, 5.74) is 0.960. The first kappa shape index (κ1) is 16.4. The van der Waals surface area contributed by atoms with Crippen LogP contribution in [-0.2, 0) is 21.3 Å². The minimum atomic E-state index is -3.56. The predicted octanol–water partition coefficient (Wildman–Crippen LogP) is 1.04. The molecule has 2 N–H and O–H groups in total. The third-order valence-corrected chi connectivity index (χ3v) is 4.65. The Balaban J connectivity index is 1.92. The lowest BCUT2D eigenvalue weighted by atomic mass is 10.2. The van der Waals surface area contributed by atoms with Gasteiger partial charge in [-0.25, -0.2) is 18.1 Å². The van der Waals surface area contributed by atoms with Crippen LogP contribution in [0.5, 0.6) is 0 Å². The van der Waals surface area contributed by atoms with Gasteiger partial charge in [0.1, 0.15) is 0 Å². The Morgan fingerprint density at radius 1 is 1.43 bits per heavy atom. The van der Waals surface area contributed by atoms with Crippen LogP contribution in [0.4, 0.5) is 0 Å². The van der Waals surface area contributed by atoms with E-state index in [-0.39, 0.29) is 11.1 Å². The van der Waals surface area contributed by atoms with Crippen molar-refractivity contribution in [3.05, 3.63) is 23.9 Å². The molecule has 6 nitrogen and oxygen atoms in total. The molecule has 118 valence electrons. The Bertz CT molecular complexity index is 537. The Morgan fingerprint density at radius 2 is 2.24 bits per heavy atom. The summed E-state index contributed by atoms with van der Waals surface area (Å²) < 4.78 is 32.2. The molecule has 7 heteroatoms. The maximum Gasteiger partial charge on any atom is 0.258 e. The Hall–Kier alpha value is -1.02. The summed E-state index contributed by atoms with van der Waals surface area (Å²) in [6.45, 7) is 5.81. The topological polar surface area (TPSA) is 80.3 Å². The fourth-order valence-corrected chi connectivity index (χ4v) is 3.07. The number of aromatic nitrogens is 1. The summed E-state index contributed by atoms with van der Waals surface area (Å²) in [4.78, 5) is 4.04. The number of rotatable bonds is 7. The average molecular weight is 313 g/mol. The number of hydrogen-bond donors (Lipinski definition) is 2. The quantitative estimate of drug-likeness (QED) is 0.786. The first-order valence-corrected chi connectivity index (χ1v) is 8.75. The number of hydrogen-bond acceptors (Lipinski definition) is 5. The second-order valence-electron chi connectivity index (χ2n) is 5.53. The highest BCUT2D eigenvalue weighted by atomic mass is 32.2. The van der Waals surface area contributed by atoms with Gasteiger partial charge in [-0.05, 0) is 24.5 Å². The summed E-state index contributed by atoms with van der Waals surface area (Å²) in [6.07, 6.45) is 3.46. The fourth-order valence-electron chi connectivity index (χ4n) is 2.08. The summed E-state index contributed by atoms with van der Waals surface area (Å²) in [5, 5.41) is 3.31. The molecule has 1 aromatic rings. The molecule has 21 heavy (non-hydrogen) atoms. The van der Waals surface area contributed by atoms with Crippen LogP contribution in [0.1, 0.15) is 32.3 Å². The second-order valence-corrected chi connectivity index (χ2v) is 7.24. The molecule has 1 atom stereocenters. The molecule has 1 unspecified atom stereocenters. The summed E-state index contributed by atoms with van der Waals surface area (Å²) >= 11 is 0. The van der Waals surface area contributed by atoms with Crippen molar-refractivity contribution in [1.82, 2.24) is 15.0 Å². The van der Waals surface area contributed by atoms with Crippen molar-refractivity contribution in [2.24, 2.45) is 0 Å². The van der Waals surface area contributed by atoms with Gasteiger partial charge in [0.2, 0.25) is 0 Å². The number of ether oxygens (including phenoxy) is 1. The lowest BCUT2D eigenvalue weighted by Crippen LogP contribution is -2.32. The molecule has 0 saturated carbocycles. The second kappa shape index (κ2) is 7.31. The van der Waals surface area contributed by atoms with Crippen LogP contribution in [0.2, 0.25) is 0 Å². The van der Waals surface area contributed by atoms with Gasteiger partial charge in [-0.2, -0.15) is 0 Å². The molecule has 1 aliphatic heterocycles. The van der Waals surface area contributed by atoms with Crippen LogP contribution in [-0.4, -0.2) is 38.7 Å². The first-order chi connectivity index (χ1) is 9.97. The third-order valence-electron chi connectivity index (χ3n) is 3.31. The molecular weight excluding hydrogens is 290 g/mol. The van der Waals surface area contributed by atoms with Gasteiger partial charge in [0.15, 0.2) is 5.03 Å². The smallest absolute Gasteiger partial charge is 0.258 e. The average Bonchev–Trinajstić information content (AvgIpc) is 2.97. The molecule has 0 aliphatic carbocycles. The van der Waals surface area contributed by atoms with E-state index in [2.05, 4.69) is 28.9 Å². The zero-order chi connectivity index (χ0) is 15.3. The van der Waals surface area contributed by atoms with E-state index in [0.29, 0.717) is 25.7 Å². The van der Waals surface area contributed by atoms with E-state index in [0.717, 1.165) is 18.4 Å². The van der Waals surface area contributed by atoms with Gasteiger partial charge in [0, 0.05) is 31.9 Å². The molecule has 0 spiro atoms. The SMILES string of the molecule is CC(C)NCc1ccc(S(=O)(=O)NCC2CCCO2)nc1. The summed E-state index contributed by atoms with van der Waals surface area (Å²) in [5.74, 6) is 0. The Kier molecular flexibility index (Phi) is 5.69. The van der Waals surface area contributed by atoms with Crippen LogP contribution < -0.4 is 10.0 Å². The predicted molar refractivity (Wildman–Crippen MR) is 80.4 cm³/mol. The van der Waals surface area contributed by atoms with E-state index in [1.807, 2.05) is 0 Å². The Morgan fingerprint density at radius 3 is 2.81 bits per heavy atom. The van der Waals surface area contributed by atoms with Crippen molar-refractivity contribution in [2.75, 3.05) is 13.2 Å². The highest BCUT2D eigenvalue weighted by molar-refractivity contribution is 7.89. The van der Waals surface area contributed by atoms with Crippen LogP contribution in [0, 0.1) is 0 Å². The number of nitrogens with one attached hydrogen (secondary N) is 2. The van der Waals surface area contributed by atoms with Crippen molar-refractivity contribution in [1.29, 1.82) is 0 Å². The highest BCUT2D eigenvalue weighted by Gasteiger charge is 2.20. The number of sulfonamides is 1. The summed E-state index contributed by atoms with van der Waals surface area (Å²) in [7, 11) is -3.56. The lowest BCUT2D eigenvalue weighted by molar-refractivity contribution is 0.114. The van der Waals surface area contributed by atoms with Gasteiger partial charge in [-0.15, -0.1) is 0 Å². The van der Waals surface area contributed by atoms with Gasteiger partial charge in [0.25, 0.3) is 10.0 Å². The molecule has 0 radical (unpaired) electrons. The lowest BCUT2D eigenvalue weighted by Gasteiger charge is -2.11. The van der Waals surface area contributed by atoms with Crippen molar-refractivity contribution in [2.45, 2.75) is 50.4 Å². The van der Waals surface area contributed by atoms with Gasteiger partial charge in [0.05, 0.1) is 6.10 Å². The molecule has 1 saturated heterocycles. The fraction of sp³-hybridized carbons (Fsp3) is 0.643. The standard InChI is InChI=1S/C14H23N3O3S/c1-11(2)15-8-12-5-6-14(16-9-12)21(18,19)17-10-13-4-3-7-20-13/h5-6,9,11,13,15,17H,3-4,7-8,10H2,1-2H3. The maximum absolute atomic E-state index is 12.1. The van der Waals surface area contributed by atoms with Crippen LogP contribution in [0.3, 0.4) is 0 Å². The van der Waals surface area contributed by atoms with Crippen molar-refractivity contribution >= 4 is 10.0 Å². The van der Waals surface area contributed by atoms with E-state index in [4.69, 9.17) is 4.74 Å². The van der Waals surface area contributed by atoms with E-state index in [9.17, 15) is 8.42 Å². The van der Waals surface area contributed by atoms with E-state index >= 15 is 0 Å². The molecule has 1 aromatic heterocycles. The minimum absolute atomic E-state index is 0.0192. The number of pyridine rings is 1. The van der Waals surface area contributed by atoms with Crippen molar-refractivity contribution in [3.63, 3.8) is 0 Å². The van der Waals surface area contributed by atoms with Crippen LogP contribution >= 0.6 is 0 Å². The Labute approximate surface area is 126 Å². The zero-order valence-electron chi connectivity index (χ0n) is 12.5. The van der Waals surface area contributed by atoms with E-state index < -0.39 is 10.0 Å². The molecule has 0 amide bonds. The molecule has 1 fully saturated rings. The largest absolute Gasteiger partial charge is 0.377 e. The van der Waals surface area contributed by atoms with Crippen molar-refractivity contribution in [3.8, 4) is 0 Å². The monoisotopic (exact) mass is 313 g/mol. The maximum atomic E-state index is 12.1. The molecule has 0 aromatic carbocycles. The van der Waals surface area contributed by atoms with Gasteiger partial charge < -0.3 is 10.1 Å². The molecule has 2 rings (SSSR count).